The van der Waals surface area contributed by atoms with Gasteiger partial charge in [-0.2, -0.15) is 0 Å². The molecule has 0 radical (unpaired) electrons. The van der Waals surface area contributed by atoms with Gasteiger partial charge < -0.3 is 15.8 Å². The molecule has 2 rings (SSSR count). The van der Waals surface area contributed by atoms with Crippen molar-refractivity contribution in [2.45, 2.75) is 64.3 Å². The van der Waals surface area contributed by atoms with Crippen molar-refractivity contribution >= 4 is 11.6 Å². The first-order valence-electron chi connectivity index (χ1n) is 7.75. The average Bonchev–Trinajstić information content (AvgIpc) is 2.50. The Labute approximate surface area is 126 Å². The number of aromatic nitrogens is 2. The number of aliphatic hydroxyl groups is 1. The van der Waals surface area contributed by atoms with Crippen molar-refractivity contribution in [1.82, 2.24) is 9.97 Å². The van der Waals surface area contributed by atoms with Crippen LogP contribution in [0.4, 0.5) is 11.6 Å². The second kappa shape index (κ2) is 6.58. The van der Waals surface area contributed by atoms with E-state index in [0.717, 1.165) is 42.9 Å². The zero-order valence-electron chi connectivity index (χ0n) is 13.2. The monoisotopic (exact) mass is 293 g/mol. The second-order valence-electron chi connectivity index (χ2n) is 6.33. The molecule has 0 atom stereocenters. The lowest BCUT2D eigenvalue weighted by Gasteiger charge is -2.37. The molecular formula is C15H27N5O. The van der Waals surface area contributed by atoms with E-state index >= 15 is 0 Å². The quantitative estimate of drug-likeness (QED) is 0.491. The van der Waals surface area contributed by atoms with Gasteiger partial charge >= 0.3 is 0 Å². The molecule has 1 aliphatic rings. The van der Waals surface area contributed by atoms with Gasteiger partial charge in [-0.25, -0.2) is 15.8 Å². The van der Waals surface area contributed by atoms with E-state index in [4.69, 9.17) is 5.84 Å². The van der Waals surface area contributed by atoms with Crippen LogP contribution in [0, 0.1) is 6.92 Å². The highest BCUT2D eigenvalue weighted by atomic mass is 16.3. The average molecular weight is 293 g/mol. The zero-order valence-corrected chi connectivity index (χ0v) is 13.2. The summed E-state index contributed by atoms with van der Waals surface area (Å²) in [4.78, 5) is 9.08. The fraction of sp³-hybridized carbons (Fsp3) is 0.733. The third kappa shape index (κ3) is 3.44. The van der Waals surface area contributed by atoms with Crippen molar-refractivity contribution in [3.05, 3.63) is 11.4 Å². The highest BCUT2D eigenvalue weighted by molar-refractivity contribution is 5.58. The van der Waals surface area contributed by atoms with Gasteiger partial charge in [-0.05, 0) is 19.8 Å². The van der Waals surface area contributed by atoms with Crippen molar-refractivity contribution in [3.8, 4) is 0 Å². The van der Waals surface area contributed by atoms with Crippen LogP contribution in [0.15, 0.2) is 0 Å². The number of rotatable bonds is 5. The molecule has 1 saturated carbocycles. The lowest BCUT2D eigenvalue weighted by molar-refractivity contribution is 0.172. The molecule has 0 bridgehead atoms. The Bertz CT molecular complexity index is 483. The number of aliphatic hydroxyl groups excluding tert-OH is 1. The highest BCUT2D eigenvalue weighted by Gasteiger charge is 2.32. The molecule has 118 valence electrons. The van der Waals surface area contributed by atoms with E-state index in [1.54, 1.807) is 0 Å². The number of nitrogens with two attached hydrogens (primary N) is 1. The van der Waals surface area contributed by atoms with E-state index in [2.05, 4.69) is 34.6 Å². The van der Waals surface area contributed by atoms with Gasteiger partial charge in [-0.15, -0.1) is 0 Å². The topological polar surface area (TPSA) is 96.1 Å². The number of nitrogens with zero attached hydrogens (tertiary/aromatic N) is 2. The summed E-state index contributed by atoms with van der Waals surface area (Å²) < 4.78 is 0. The summed E-state index contributed by atoms with van der Waals surface area (Å²) in [5.74, 6) is 7.95. The Morgan fingerprint density at radius 3 is 2.33 bits per heavy atom. The minimum Gasteiger partial charge on any atom is -0.394 e. The molecule has 0 spiro atoms. The molecule has 0 aliphatic heterocycles. The normalized spacial score (nSPS) is 17.8. The molecule has 1 heterocycles. The first kappa shape index (κ1) is 16.0. The second-order valence-corrected chi connectivity index (χ2v) is 6.33. The van der Waals surface area contributed by atoms with Gasteiger partial charge in [0.25, 0.3) is 0 Å². The minimum atomic E-state index is -0.266. The summed E-state index contributed by atoms with van der Waals surface area (Å²) >= 11 is 0. The van der Waals surface area contributed by atoms with Crippen LogP contribution in [0.1, 0.15) is 63.3 Å². The predicted molar refractivity (Wildman–Crippen MR) is 85.2 cm³/mol. The van der Waals surface area contributed by atoms with Crippen LogP contribution in [0.2, 0.25) is 0 Å². The van der Waals surface area contributed by atoms with Gasteiger partial charge in [0.2, 0.25) is 0 Å². The molecule has 6 heteroatoms. The van der Waals surface area contributed by atoms with Crippen LogP contribution in [0.5, 0.6) is 0 Å². The molecule has 0 saturated heterocycles. The zero-order chi connectivity index (χ0) is 15.5. The summed E-state index contributed by atoms with van der Waals surface area (Å²) in [6.45, 7) is 6.17. The minimum absolute atomic E-state index is 0.124. The Balaban J connectivity index is 2.35. The number of nitrogen functional groups attached to an aromatic ring is 1. The van der Waals surface area contributed by atoms with E-state index in [-0.39, 0.29) is 18.1 Å². The fourth-order valence-corrected chi connectivity index (χ4v) is 2.86. The van der Waals surface area contributed by atoms with E-state index < -0.39 is 0 Å². The summed E-state index contributed by atoms with van der Waals surface area (Å²) in [6, 6.07) is 0. The van der Waals surface area contributed by atoms with Gasteiger partial charge in [0, 0.05) is 11.5 Å². The standard InChI is InChI=1S/C15H27N5O/c1-10(2)12-17-13(11(3)14(18-12)20-16)19-15(9-21)7-5-4-6-8-15/h10,21H,4-9,16H2,1-3H3,(H2,17,18,19,20). The van der Waals surface area contributed by atoms with Crippen LogP contribution in [0.25, 0.3) is 0 Å². The number of hydrogen-bond donors (Lipinski definition) is 4. The third-order valence-corrected chi connectivity index (χ3v) is 4.31. The summed E-state index contributed by atoms with van der Waals surface area (Å²) in [5.41, 5.74) is 3.27. The Morgan fingerprint density at radius 1 is 1.19 bits per heavy atom. The molecule has 1 aromatic heterocycles. The first-order chi connectivity index (χ1) is 10.0. The summed E-state index contributed by atoms with van der Waals surface area (Å²) in [6.07, 6.45) is 5.44. The molecule has 1 aromatic rings. The highest BCUT2D eigenvalue weighted by Crippen LogP contribution is 2.33. The van der Waals surface area contributed by atoms with E-state index in [1.807, 2.05) is 6.92 Å². The Morgan fingerprint density at radius 2 is 1.81 bits per heavy atom. The van der Waals surface area contributed by atoms with E-state index in [9.17, 15) is 5.11 Å². The predicted octanol–water partition coefficient (Wildman–Crippen LogP) is 2.30. The molecule has 1 aliphatic carbocycles. The number of hydrogen-bond acceptors (Lipinski definition) is 6. The van der Waals surface area contributed by atoms with Crippen molar-refractivity contribution in [2.24, 2.45) is 5.84 Å². The van der Waals surface area contributed by atoms with Crippen molar-refractivity contribution in [1.29, 1.82) is 0 Å². The third-order valence-electron chi connectivity index (χ3n) is 4.31. The van der Waals surface area contributed by atoms with Crippen LogP contribution in [0.3, 0.4) is 0 Å². The van der Waals surface area contributed by atoms with E-state index in [0.29, 0.717) is 5.82 Å². The van der Waals surface area contributed by atoms with Crippen molar-refractivity contribution < 1.29 is 5.11 Å². The molecule has 21 heavy (non-hydrogen) atoms. The van der Waals surface area contributed by atoms with Gasteiger partial charge in [-0.3, -0.25) is 0 Å². The molecule has 0 amide bonds. The SMILES string of the molecule is Cc1c(NN)nc(C(C)C)nc1NC1(CO)CCCCC1. The van der Waals surface area contributed by atoms with Gasteiger partial charge in [-0.1, -0.05) is 33.1 Å². The Hall–Kier alpha value is -1.40. The van der Waals surface area contributed by atoms with Crippen LogP contribution < -0.4 is 16.6 Å². The molecule has 1 fully saturated rings. The van der Waals surface area contributed by atoms with Crippen LogP contribution in [-0.4, -0.2) is 27.2 Å². The lowest BCUT2D eigenvalue weighted by atomic mass is 9.82. The number of hydrazine groups is 1. The van der Waals surface area contributed by atoms with E-state index in [1.165, 1.54) is 6.42 Å². The number of nitrogens with one attached hydrogen (secondary N) is 2. The van der Waals surface area contributed by atoms with Crippen LogP contribution >= 0.6 is 0 Å². The van der Waals surface area contributed by atoms with Gasteiger partial charge in [0.05, 0.1) is 12.1 Å². The largest absolute Gasteiger partial charge is 0.394 e. The molecule has 0 unspecified atom stereocenters. The summed E-state index contributed by atoms with van der Waals surface area (Å²) in [7, 11) is 0. The summed E-state index contributed by atoms with van der Waals surface area (Å²) in [5, 5.41) is 13.3. The Kier molecular flexibility index (Phi) is 5.00. The maximum Gasteiger partial charge on any atom is 0.148 e. The van der Waals surface area contributed by atoms with Gasteiger partial charge in [0.15, 0.2) is 0 Å². The lowest BCUT2D eigenvalue weighted by Crippen LogP contribution is -2.44. The number of anilines is 2. The fourth-order valence-electron chi connectivity index (χ4n) is 2.86. The van der Waals surface area contributed by atoms with Crippen molar-refractivity contribution in [2.75, 3.05) is 17.3 Å². The first-order valence-corrected chi connectivity index (χ1v) is 7.75. The van der Waals surface area contributed by atoms with Crippen molar-refractivity contribution in [3.63, 3.8) is 0 Å². The maximum atomic E-state index is 9.85. The smallest absolute Gasteiger partial charge is 0.148 e. The molecule has 6 nitrogen and oxygen atoms in total. The van der Waals surface area contributed by atoms with Gasteiger partial charge in [0.1, 0.15) is 17.5 Å². The molecule has 5 N–H and O–H groups in total. The maximum absolute atomic E-state index is 9.85. The molecular weight excluding hydrogens is 266 g/mol. The molecule has 0 aromatic carbocycles. The van der Waals surface area contributed by atoms with Crippen LogP contribution in [-0.2, 0) is 0 Å².